The average molecular weight is 553 g/mol. The van der Waals surface area contributed by atoms with E-state index in [1.807, 2.05) is 96.1 Å². The molecule has 0 spiro atoms. The van der Waals surface area contributed by atoms with Crippen molar-refractivity contribution in [3.8, 4) is 17.2 Å². The number of hydrogen-bond donors (Lipinski definition) is 0. The van der Waals surface area contributed by atoms with Gasteiger partial charge in [0, 0.05) is 25.3 Å². The molecule has 3 nitrogen and oxygen atoms in total. The minimum Gasteiger partial charge on any atom is -0.872 e. The molecule has 156 valence electrons. The maximum Gasteiger partial charge on any atom is 0 e. The summed E-state index contributed by atoms with van der Waals surface area (Å²) in [7, 11) is 0. The van der Waals surface area contributed by atoms with Crippen LogP contribution in [0.3, 0.4) is 0 Å². The molecule has 0 aromatic heterocycles. The summed E-state index contributed by atoms with van der Waals surface area (Å²) in [5, 5.41) is 32.9. The van der Waals surface area contributed by atoms with Crippen molar-refractivity contribution in [3.05, 3.63) is 88.0 Å². The van der Waals surface area contributed by atoms with Crippen molar-refractivity contribution in [2.45, 2.75) is 41.5 Å². The molecule has 0 saturated heterocycles. The van der Waals surface area contributed by atoms with Gasteiger partial charge >= 0.3 is 0 Å². The van der Waals surface area contributed by atoms with Gasteiger partial charge in [0.15, 0.2) is 0 Å². The van der Waals surface area contributed by atoms with E-state index in [9.17, 15) is 15.3 Å². The Hall–Kier alpha value is -2.25. The van der Waals surface area contributed by atoms with Gasteiger partial charge in [-0.1, -0.05) is 88.0 Å². The smallest absolute Gasteiger partial charge is 0 e. The van der Waals surface area contributed by atoms with E-state index in [4.69, 9.17) is 0 Å². The second kappa shape index (κ2) is 12.3. The first kappa shape index (κ1) is 25.7. The molecule has 0 bridgehead atoms. The van der Waals surface area contributed by atoms with E-state index < -0.39 is 0 Å². The van der Waals surface area contributed by atoms with Gasteiger partial charge in [0.1, 0.15) is 0 Å². The van der Waals surface area contributed by atoms with Crippen molar-refractivity contribution < 1.29 is 40.7 Å². The van der Waals surface area contributed by atoms with Crippen LogP contribution in [0.2, 0.25) is 0 Å². The van der Waals surface area contributed by atoms with Crippen LogP contribution >= 0.6 is 0 Å². The van der Waals surface area contributed by atoms with Gasteiger partial charge in [-0.05, 0) is 41.5 Å². The number of rotatable bonds is 0. The number of hydrogen-bond acceptors (Lipinski definition) is 3. The Morgan fingerprint density at radius 2 is 0.571 bits per heavy atom. The van der Waals surface area contributed by atoms with Crippen LogP contribution in [0.25, 0.3) is 0 Å². The molecular weight excluding hydrogens is 520 g/mol. The summed E-state index contributed by atoms with van der Waals surface area (Å²) in [4.78, 5) is 0. The molecule has 0 radical (unpaired) electrons. The molecule has 0 aliphatic rings. The molecule has 28 heavy (non-hydrogen) atoms. The SMILES string of the molecule is Cc1cccc(C)c1[O-].Cc1cccc(C)c1[O-].Cc1cccc(C)c1[O-].[HH].[HH].[HH].[W]. The van der Waals surface area contributed by atoms with Crippen LogP contribution in [0.4, 0.5) is 0 Å². The van der Waals surface area contributed by atoms with Gasteiger partial charge < -0.3 is 15.3 Å². The minimum absolute atomic E-state index is 0. The van der Waals surface area contributed by atoms with E-state index >= 15 is 0 Å². The van der Waals surface area contributed by atoms with E-state index in [1.165, 1.54) is 0 Å². The Morgan fingerprint density at radius 3 is 0.679 bits per heavy atom. The molecular formula is C24H33O3W-3. The van der Waals surface area contributed by atoms with Crippen LogP contribution in [-0.4, -0.2) is 0 Å². The summed E-state index contributed by atoms with van der Waals surface area (Å²) in [6.45, 7) is 11.0. The number of benzene rings is 3. The van der Waals surface area contributed by atoms with Gasteiger partial charge in [-0.2, -0.15) is 0 Å². The van der Waals surface area contributed by atoms with Crippen molar-refractivity contribution >= 4 is 0 Å². The summed E-state index contributed by atoms with van der Waals surface area (Å²) in [5.41, 5.74) is 4.97. The molecule has 0 heterocycles. The van der Waals surface area contributed by atoms with Crippen LogP contribution in [0.1, 0.15) is 37.7 Å². The summed E-state index contributed by atoms with van der Waals surface area (Å²) in [6.07, 6.45) is 0. The molecule has 3 aromatic carbocycles. The zero-order valence-corrected chi connectivity index (χ0v) is 20.3. The molecule has 0 aliphatic heterocycles. The van der Waals surface area contributed by atoms with E-state index in [2.05, 4.69) is 0 Å². The zero-order valence-electron chi connectivity index (χ0n) is 17.3. The normalized spacial score (nSPS) is 9.21. The Kier molecular flexibility index (Phi) is 11.3. The summed E-state index contributed by atoms with van der Waals surface area (Å²) in [5.74, 6) is 0.493. The fourth-order valence-electron chi connectivity index (χ4n) is 2.40. The third-order valence-corrected chi connectivity index (χ3v) is 4.23. The first-order valence-corrected chi connectivity index (χ1v) is 8.84. The monoisotopic (exact) mass is 553 g/mol. The molecule has 0 fully saturated rings. The largest absolute Gasteiger partial charge is 0.872 e. The number of para-hydroxylation sites is 3. The van der Waals surface area contributed by atoms with Crippen molar-refractivity contribution in [1.82, 2.24) is 0 Å². The second-order valence-electron chi connectivity index (χ2n) is 6.66. The maximum atomic E-state index is 11.0. The van der Waals surface area contributed by atoms with Crippen LogP contribution in [0.5, 0.6) is 17.2 Å². The van der Waals surface area contributed by atoms with E-state index in [0.717, 1.165) is 33.4 Å². The molecule has 0 atom stereocenters. The van der Waals surface area contributed by atoms with Gasteiger partial charge in [0.05, 0.1) is 0 Å². The summed E-state index contributed by atoms with van der Waals surface area (Å²) < 4.78 is 0. The molecule has 0 amide bonds. The van der Waals surface area contributed by atoms with Crippen molar-refractivity contribution in [1.29, 1.82) is 0 Å². The molecule has 0 aliphatic carbocycles. The molecule has 0 saturated carbocycles. The third kappa shape index (κ3) is 7.78. The zero-order chi connectivity index (χ0) is 20.6. The standard InChI is InChI=1S/3C8H10O.W.3H2/c3*1-6-4-3-5-7(2)8(6)9;;;;/h3*3-5,9H,1-2H3;;3*1H/p-3. The summed E-state index contributed by atoms with van der Waals surface area (Å²) >= 11 is 0. The van der Waals surface area contributed by atoms with Gasteiger partial charge in [-0.25, -0.2) is 0 Å². The summed E-state index contributed by atoms with van der Waals surface area (Å²) in [6, 6.07) is 16.7. The Bertz CT molecular complexity index is 725. The number of aryl methyl sites for hydroxylation is 6. The van der Waals surface area contributed by atoms with Crippen LogP contribution in [-0.2, 0) is 21.1 Å². The molecule has 4 heteroatoms. The van der Waals surface area contributed by atoms with E-state index in [0.29, 0.717) is 0 Å². The quantitative estimate of drug-likeness (QED) is 0.399. The fraction of sp³-hybridized carbons (Fsp3) is 0.250. The Morgan fingerprint density at radius 1 is 0.429 bits per heavy atom. The average Bonchev–Trinajstić information content (AvgIpc) is 2.63. The Balaban J connectivity index is -0.000000166. The van der Waals surface area contributed by atoms with Crippen molar-refractivity contribution in [3.63, 3.8) is 0 Å². The molecule has 0 unspecified atom stereocenters. The van der Waals surface area contributed by atoms with Crippen LogP contribution < -0.4 is 15.3 Å². The first-order chi connectivity index (χ1) is 12.6. The Labute approximate surface area is 187 Å². The predicted molar refractivity (Wildman–Crippen MR) is 112 cm³/mol. The van der Waals surface area contributed by atoms with Gasteiger partial charge in [-0.15, -0.1) is 17.2 Å². The maximum absolute atomic E-state index is 11.0. The minimum atomic E-state index is 0. The molecule has 0 N–H and O–H groups in total. The third-order valence-electron chi connectivity index (χ3n) is 4.23. The first-order valence-electron chi connectivity index (χ1n) is 8.84. The van der Waals surface area contributed by atoms with Crippen molar-refractivity contribution in [2.75, 3.05) is 0 Å². The van der Waals surface area contributed by atoms with Crippen LogP contribution in [0.15, 0.2) is 54.6 Å². The second-order valence-corrected chi connectivity index (χ2v) is 6.66. The topological polar surface area (TPSA) is 69.2 Å². The predicted octanol–water partition coefficient (Wildman–Crippen LogP) is 4.87. The van der Waals surface area contributed by atoms with E-state index in [1.54, 1.807) is 0 Å². The van der Waals surface area contributed by atoms with Gasteiger partial charge in [0.2, 0.25) is 0 Å². The van der Waals surface area contributed by atoms with Crippen molar-refractivity contribution in [2.24, 2.45) is 0 Å². The molecule has 3 aromatic rings. The van der Waals surface area contributed by atoms with Gasteiger partial charge in [-0.3, -0.25) is 0 Å². The van der Waals surface area contributed by atoms with Crippen LogP contribution in [0, 0.1) is 41.5 Å². The van der Waals surface area contributed by atoms with E-state index in [-0.39, 0.29) is 42.6 Å². The molecule has 3 rings (SSSR count). The fourth-order valence-corrected chi connectivity index (χ4v) is 2.40. The van der Waals surface area contributed by atoms with Gasteiger partial charge in [0.25, 0.3) is 0 Å².